The molecule has 3 rings (SSSR count). The van der Waals surface area contributed by atoms with Gasteiger partial charge in [0.1, 0.15) is 17.9 Å². The van der Waals surface area contributed by atoms with E-state index in [1.54, 1.807) is 45.2 Å². The van der Waals surface area contributed by atoms with E-state index in [1.165, 1.54) is 11.0 Å². The summed E-state index contributed by atoms with van der Waals surface area (Å²) in [6, 6.07) is 6.12. The molecule has 0 aromatic heterocycles. The van der Waals surface area contributed by atoms with Crippen LogP contribution in [0.2, 0.25) is 0 Å². The molecule has 2 aliphatic rings. The highest BCUT2D eigenvalue weighted by Crippen LogP contribution is 2.27. The molecule has 0 radical (unpaired) electrons. The molecule has 2 aliphatic heterocycles. The molecule has 0 saturated carbocycles. The monoisotopic (exact) mass is 415 g/mol. The summed E-state index contributed by atoms with van der Waals surface area (Å²) < 4.78 is 17.7. The number of nitriles is 1. The molecule has 0 N–H and O–H groups in total. The SMILES string of the molecule is CO[C@@H]1CC[C@H]2CCOc3ccc(C#N)cc3C(=O)N(C)[C@@H](C)C(=O)N(C)C[C@H]1O2. The number of ether oxygens (including phenoxy) is 3. The zero-order valence-corrected chi connectivity index (χ0v) is 18.0. The molecule has 0 unspecified atom stereocenters. The van der Waals surface area contributed by atoms with E-state index < -0.39 is 6.04 Å². The first-order valence-electron chi connectivity index (χ1n) is 10.2. The standard InChI is InChI=1S/C22H29N3O5/c1-14-21(26)24(2)13-20-19(28-4)8-6-16(30-20)9-10-29-18-7-5-15(12-23)11-17(18)22(27)25(14)3/h5,7,11,14,16,19-20H,6,8-10,13H2,1-4H3/t14-,16-,19+,20+/m0/s1. The van der Waals surface area contributed by atoms with E-state index in [1.807, 2.05) is 6.07 Å². The molecule has 2 heterocycles. The van der Waals surface area contributed by atoms with Gasteiger partial charge in [0, 0.05) is 34.2 Å². The van der Waals surface area contributed by atoms with E-state index >= 15 is 0 Å². The van der Waals surface area contributed by atoms with Crippen LogP contribution in [-0.2, 0) is 14.3 Å². The summed E-state index contributed by atoms with van der Waals surface area (Å²) in [7, 11) is 4.96. The van der Waals surface area contributed by atoms with Crippen LogP contribution in [0.15, 0.2) is 18.2 Å². The predicted molar refractivity (Wildman–Crippen MR) is 109 cm³/mol. The second-order valence-corrected chi connectivity index (χ2v) is 7.92. The molecular formula is C22H29N3O5. The molecule has 162 valence electrons. The van der Waals surface area contributed by atoms with Gasteiger partial charge in [0.15, 0.2) is 0 Å². The molecule has 2 amide bonds. The quantitative estimate of drug-likeness (QED) is 0.695. The van der Waals surface area contributed by atoms with Crippen LogP contribution in [0.4, 0.5) is 0 Å². The molecule has 0 aliphatic carbocycles. The average molecular weight is 415 g/mol. The Hall–Kier alpha value is -2.63. The van der Waals surface area contributed by atoms with Crippen molar-refractivity contribution in [2.75, 3.05) is 34.4 Å². The van der Waals surface area contributed by atoms with Crippen LogP contribution >= 0.6 is 0 Å². The van der Waals surface area contributed by atoms with E-state index in [-0.39, 0.29) is 35.7 Å². The second kappa shape index (κ2) is 9.45. The van der Waals surface area contributed by atoms with Crippen LogP contribution in [0, 0.1) is 11.3 Å². The van der Waals surface area contributed by atoms with Crippen molar-refractivity contribution in [1.29, 1.82) is 5.26 Å². The fourth-order valence-corrected chi connectivity index (χ4v) is 3.98. The van der Waals surface area contributed by atoms with Crippen molar-refractivity contribution >= 4 is 11.8 Å². The van der Waals surface area contributed by atoms with Gasteiger partial charge in [-0.05, 0) is 38.0 Å². The Labute approximate surface area is 177 Å². The molecule has 2 bridgehead atoms. The van der Waals surface area contributed by atoms with Crippen molar-refractivity contribution in [1.82, 2.24) is 9.80 Å². The normalized spacial score (nSPS) is 28.2. The topological polar surface area (TPSA) is 92.1 Å². The van der Waals surface area contributed by atoms with Crippen LogP contribution in [0.1, 0.15) is 42.1 Å². The molecule has 1 saturated heterocycles. The van der Waals surface area contributed by atoms with Gasteiger partial charge in [0.05, 0.1) is 36.0 Å². The molecule has 1 aromatic carbocycles. The van der Waals surface area contributed by atoms with Crippen molar-refractivity contribution in [3.63, 3.8) is 0 Å². The van der Waals surface area contributed by atoms with Crippen molar-refractivity contribution in [3.8, 4) is 11.8 Å². The Balaban J connectivity index is 1.94. The van der Waals surface area contributed by atoms with Gasteiger partial charge in [-0.3, -0.25) is 9.59 Å². The van der Waals surface area contributed by atoms with Crippen LogP contribution in [0.5, 0.6) is 5.75 Å². The number of hydrogen-bond donors (Lipinski definition) is 0. The number of methoxy groups -OCH3 is 1. The lowest BCUT2D eigenvalue weighted by Gasteiger charge is -2.39. The number of nitrogens with zero attached hydrogens (tertiary/aromatic N) is 3. The minimum Gasteiger partial charge on any atom is -0.493 e. The van der Waals surface area contributed by atoms with Gasteiger partial charge in [-0.1, -0.05) is 0 Å². The lowest BCUT2D eigenvalue weighted by molar-refractivity contribution is -0.152. The third kappa shape index (κ3) is 4.58. The summed E-state index contributed by atoms with van der Waals surface area (Å²) in [5.74, 6) is -0.153. The molecule has 1 fully saturated rings. The third-order valence-electron chi connectivity index (χ3n) is 5.98. The van der Waals surface area contributed by atoms with Crippen molar-refractivity contribution in [2.45, 2.75) is 50.5 Å². The predicted octanol–water partition coefficient (Wildman–Crippen LogP) is 1.82. The third-order valence-corrected chi connectivity index (χ3v) is 5.98. The number of likely N-dealkylation sites (N-methyl/N-ethyl adjacent to an activating group) is 2. The van der Waals surface area contributed by atoms with E-state index in [0.29, 0.717) is 30.9 Å². The molecular weight excluding hydrogens is 386 g/mol. The van der Waals surface area contributed by atoms with Gasteiger partial charge >= 0.3 is 0 Å². The Morgan fingerprint density at radius 3 is 2.67 bits per heavy atom. The maximum absolute atomic E-state index is 13.2. The van der Waals surface area contributed by atoms with Gasteiger partial charge in [-0.2, -0.15) is 5.26 Å². The molecule has 0 spiro atoms. The van der Waals surface area contributed by atoms with Crippen molar-refractivity contribution in [3.05, 3.63) is 29.3 Å². The second-order valence-electron chi connectivity index (χ2n) is 7.92. The highest BCUT2D eigenvalue weighted by atomic mass is 16.5. The summed E-state index contributed by atoms with van der Waals surface area (Å²) in [6.45, 7) is 2.46. The number of amides is 2. The largest absolute Gasteiger partial charge is 0.493 e. The Bertz CT molecular complexity index is 837. The van der Waals surface area contributed by atoms with Crippen LogP contribution in [-0.4, -0.2) is 80.3 Å². The van der Waals surface area contributed by atoms with Gasteiger partial charge in [0.2, 0.25) is 5.91 Å². The van der Waals surface area contributed by atoms with E-state index in [0.717, 1.165) is 12.8 Å². The number of rotatable bonds is 1. The Kier molecular flexibility index (Phi) is 6.95. The van der Waals surface area contributed by atoms with Crippen molar-refractivity contribution < 1.29 is 23.8 Å². The van der Waals surface area contributed by atoms with Gasteiger partial charge in [-0.15, -0.1) is 0 Å². The van der Waals surface area contributed by atoms with Gasteiger partial charge in [0.25, 0.3) is 5.91 Å². The maximum Gasteiger partial charge on any atom is 0.258 e. The first kappa shape index (κ1) is 22.1. The first-order chi connectivity index (χ1) is 14.3. The molecule has 8 heteroatoms. The number of carbonyl (C=O) groups excluding carboxylic acids is 2. The lowest BCUT2D eigenvalue weighted by Crippen LogP contribution is -2.52. The van der Waals surface area contributed by atoms with E-state index in [4.69, 9.17) is 14.2 Å². The molecule has 1 aromatic rings. The van der Waals surface area contributed by atoms with Crippen LogP contribution in [0.25, 0.3) is 0 Å². The summed E-state index contributed by atoms with van der Waals surface area (Å²) in [4.78, 5) is 29.1. The number of carbonyl (C=O) groups is 2. The van der Waals surface area contributed by atoms with E-state index in [9.17, 15) is 14.9 Å². The van der Waals surface area contributed by atoms with Gasteiger partial charge < -0.3 is 24.0 Å². The average Bonchev–Trinajstić information content (AvgIpc) is 2.76. The molecule has 8 nitrogen and oxygen atoms in total. The highest BCUT2D eigenvalue weighted by Gasteiger charge is 2.35. The number of hydrogen-bond acceptors (Lipinski definition) is 6. The summed E-state index contributed by atoms with van der Waals surface area (Å²) in [5.41, 5.74) is 0.637. The number of fused-ring (bicyclic) bond motifs is 3. The lowest BCUT2D eigenvalue weighted by atomic mass is 9.98. The van der Waals surface area contributed by atoms with Crippen LogP contribution in [0.3, 0.4) is 0 Å². The Morgan fingerprint density at radius 1 is 1.20 bits per heavy atom. The molecule has 4 atom stereocenters. The summed E-state index contributed by atoms with van der Waals surface area (Å²) in [5, 5.41) is 9.23. The first-order valence-corrected chi connectivity index (χ1v) is 10.2. The fraction of sp³-hybridized carbons (Fsp3) is 0.591. The van der Waals surface area contributed by atoms with Crippen molar-refractivity contribution in [2.24, 2.45) is 0 Å². The summed E-state index contributed by atoms with van der Waals surface area (Å²) >= 11 is 0. The molecule has 30 heavy (non-hydrogen) atoms. The summed E-state index contributed by atoms with van der Waals surface area (Å²) in [6.07, 6.45) is 2.03. The Morgan fingerprint density at radius 2 is 1.97 bits per heavy atom. The number of benzene rings is 1. The van der Waals surface area contributed by atoms with E-state index in [2.05, 4.69) is 0 Å². The zero-order chi connectivity index (χ0) is 21.8. The maximum atomic E-state index is 13.2. The van der Waals surface area contributed by atoms with Crippen LogP contribution < -0.4 is 4.74 Å². The fourth-order valence-electron chi connectivity index (χ4n) is 3.98. The zero-order valence-electron chi connectivity index (χ0n) is 18.0. The smallest absolute Gasteiger partial charge is 0.258 e. The minimum atomic E-state index is -0.690. The highest BCUT2D eigenvalue weighted by molar-refractivity contribution is 5.99. The minimum absolute atomic E-state index is 0.00882. The van der Waals surface area contributed by atoms with Gasteiger partial charge in [-0.25, -0.2) is 0 Å².